The number of carbonyl (C=O) groups is 1. The van der Waals surface area contributed by atoms with E-state index in [4.69, 9.17) is 23.0 Å². The van der Waals surface area contributed by atoms with Crippen molar-refractivity contribution in [2.45, 2.75) is 116 Å². The molecule has 0 heterocycles. The number of nitrogens with zero attached hydrogens (tertiary/aromatic N) is 1. The van der Waals surface area contributed by atoms with Crippen LogP contribution in [0, 0.1) is 0 Å². The lowest BCUT2D eigenvalue weighted by molar-refractivity contribution is -0.154. The molecule has 0 aliphatic carbocycles. The maximum absolute atomic E-state index is 12.6. The average molecular weight is 538 g/mol. The standard InChI is InChI=1S/C27H56NO7P/c1-6-8-9-10-11-12-13-14-15-16-17-18-19-20-22-32-24-26(35-27(29)7-2)25-34-36(30,31-5)33-23-21-28(3)4/h26H,6-25H2,1-5H3. The molecule has 0 aromatic carbocycles. The molecule has 36 heavy (non-hydrogen) atoms. The van der Waals surface area contributed by atoms with Crippen molar-refractivity contribution >= 4 is 13.8 Å². The van der Waals surface area contributed by atoms with E-state index in [-0.39, 0.29) is 32.2 Å². The molecule has 216 valence electrons. The van der Waals surface area contributed by atoms with Gasteiger partial charge in [0, 0.05) is 26.7 Å². The Bertz CT molecular complexity index is 548. The Kier molecular flexibility index (Phi) is 24.5. The highest BCUT2D eigenvalue weighted by Crippen LogP contribution is 2.48. The molecule has 0 rings (SSSR count). The molecule has 0 bridgehead atoms. The monoisotopic (exact) mass is 537 g/mol. The van der Waals surface area contributed by atoms with Gasteiger partial charge in [-0.2, -0.15) is 0 Å². The molecule has 0 saturated heterocycles. The molecule has 2 unspecified atom stereocenters. The van der Waals surface area contributed by atoms with Crippen molar-refractivity contribution in [1.82, 2.24) is 4.90 Å². The molecule has 0 spiro atoms. The summed E-state index contributed by atoms with van der Waals surface area (Å²) in [7, 11) is 1.33. The minimum atomic E-state index is -3.71. The van der Waals surface area contributed by atoms with Crippen LogP contribution in [-0.2, 0) is 32.4 Å². The average Bonchev–Trinajstić information content (AvgIpc) is 2.86. The second-order valence-corrected chi connectivity index (χ2v) is 11.5. The Labute approximate surface area is 221 Å². The Balaban J connectivity index is 3.93. The summed E-state index contributed by atoms with van der Waals surface area (Å²) >= 11 is 0. The number of hydrogen-bond acceptors (Lipinski definition) is 8. The predicted molar refractivity (Wildman–Crippen MR) is 146 cm³/mol. The molecule has 0 amide bonds. The van der Waals surface area contributed by atoms with E-state index in [0.717, 1.165) is 12.8 Å². The molecule has 0 saturated carbocycles. The number of esters is 1. The van der Waals surface area contributed by atoms with Crippen molar-refractivity contribution in [3.05, 3.63) is 0 Å². The summed E-state index contributed by atoms with van der Waals surface area (Å²) in [6.45, 7) is 5.43. The minimum absolute atomic E-state index is 0.114. The molecule has 0 N–H and O–H groups in total. The summed E-state index contributed by atoms with van der Waals surface area (Å²) in [5.41, 5.74) is 0. The smallest absolute Gasteiger partial charge is 0.457 e. The number of phosphoric acid groups is 1. The van der Waals surface area contributed by atoms with Crippen molar-refractivity contribution in [2.24, 2.45) is 0 Å². The third-order valence-electron chi connectivity index (χ3n) is 5.96. The second-order valence-electron chi connectivity index (χ2n) is 9.70. The highest BCUT2D eigenvalue weighted by Gasteiger charge is 2.28. The summed E-state index contributed by atoms with van der Waals surface area (Å²) in [4.78, 5) is 13.7. The van der Waals surface area contributed by atoms with Crippen LogP contribution < -0.4 is 0 Å². The van der Waals surface area contributed by atoms with Crippen molar-refractivity contribution in [2.75, 3.05) is 54.2 Å². The van der Waals surface area contributed by atoms with Crippen LogP contribution >= 0.6 is 7.82 Å². The van der Waals surface area contributed by atoms with E-state index in [1.54, 1.807) is 6.92 Å². The second kappa shape index (κ2) is 24.8. The van der Waals surface area contributed by atoms with Crippen LogP contribution in [0.4, 0.5) is 0 Å². The first kappa shape index (κ1) is 35.5. The van der Waals surface area contributed by atoms with Crippen LogP contribution in [-0.4, -0.2) is 71.2 Å². The highest BCUT2D eigenvalue weighted by atomic mass is 31.2. The summed E-state index contributed by atoms with van der Waals surface area (Å²) in [5, 5.41) is 0. The Morgan fingerprint density at radius 1 is 0.750 bits per heavy atom. The molecule has 0 aliphatic rings. The summed E-state index contributed by atoms with van der Waals surface area (Å²) < 4.78 is 39.3. The summed E-state index contributed by atoms with van der Waals surface area (Å²) in [6.07, 6.45) is 17.9. The van der Waals surface area contributed by atoms with Crippen LogP contribution in [0.15, 0.2) is 0 Å². The van der Waals surface area contributed by atoms with Gasteiger partial charge < -0.3 is 14.4 Å². The lowest BCUT2D eigenvalue weighted by Gasteiger charge is -2.21. The van der Waals surface area contributed by atoms with Crippen LogP contribution in [0.1, 0.15) is 110 Å². The Morgan fingerprint density at radius 2 is 1.28 bits per heavy atom. The largest absolute Gasteiger partial charge is 0.474 e. The highest BCUT2D eigenvalue weighted by molar-refractivity contribution is 7.48. The third kappa shape index (κ3) is 22.7. The van der Waals surface area contributed by atoms with Gasteiger partial charge in [-0.15, -0.1) is 0 Å². The third-order valence-corrected chi connectivity index (χ3v) is 7.37. The zero-order valence-corrected chi connectivity index (χ0v) is 24.9. The van der Waals surface area contributed by atoms with E-state index >= 15 is 0 Å². The van der Waals surface area contributed by atoms with Gasteiger partial charge >= 0.3 is 13.8 Å². The molecule has 2 atom stereocenters. The van der Waals surface area contributed by atoms with Gasteiger partial charge in [0.1, 0.15) is 6.10 Å². The quantitative estimate of drug-likeness (QED) is 0.0620. The SMILES string of the molecule is CCCCCCCCCCCCCCCCOCC(COP(=O)(OC)OCCN(C)C)OC(=O)CC. The number of ether oxygens (including phenoxy) is 2. The Morgan fingerprint density at radius 3 is 1.75 bits per heavy atom. The van der Waals surface area contributed by atoms with E-state index in [2.05, 4.69) is 6.92 Å². The lowest BCUT2D eigenvalue weighted by Crippen LogP contribution is -2.28. The van der Waals surface area contributed by atoms with E-state index < -0.39 is 13.9 Å². The zero-order valence-electron chi connectivity index (χ0n) is 24.0. The first-order chi connectivity index (χ1) is 17.4. The fourth-order valence-electron chi connectivity index (χ4n) is 3.65. The molecular weight excluding hydrogens is 481 g/mol. The maximum atomic E-state index is 12.6. The van der Waals surface area contributed by atoms with Crippen LogP contribution in [0.3, 0.4) is 0 Å². The first-order valence-electron chi connectivity index (χ1n) is 14.2. The van der Waals surface area contributed by atoms with Crippen LogP contribution in [0.25, 0.3) is 0 Å². The van der Waals surface area contributed by atoms with Crippen molar-refractivity contribution in [3.8, 4) is 0 Å². The van der Waals surface area contributed by atoms with Gasteiger partial charge in [0.05, 0.1) is 19.8 Å². The van der Waals surface area contributed by atoms with Crippen molar-refractivity contribution in [3.63, 3.8) is 0 Å². The fraction of sp³-hybridized carbons (Fsp3) is 0.963. The normalized spacial score (nSPS) is 14.2. The maximum Gasteiger partial charge on any atom is 0.474 e. The lowest BCUT2D eigenvalue weighted by atomic mass is 10.0. The van der Waals surface area contributed by atoms with Gasteiger partial charge in [-0.05, 0) is 20.5 Å². The molecule has 0 aliphatic heterocycles. The molecule has 0 aromatic heterocycles. The van der Waals surface area contributed by atoms with E-state index in [1.807, 2.05) is 19.0 Å². The predicted octanol–water partition coefficient (Wildman–Crippen LogP) is 7.16. The summed E-state index contributed by atoms with van der Waals surface area (Å²) in [6, 6.07) is 0. The molecular formula is C27H56NO7P. The molecule has 0 radical (unpaired) electrons. The molecule has 8 nitrogen and oxygen atoms in total. The number of unbranched alkanes of at least 4 members (excludes halogenated alkanes) is 13. The van der Waals surface area contributed by atoms with Crippen molar-refractivity contribution < 1.29 is 32.4 Å². The van der Waals surface area contributed by atoms with Gasteiger partial charge in [-0.1, -0.05) is 97.3 Å². The van der Waals surface area contributed by atoms with Gasteiger partial charge in [0.2, 0.25) is 0 Å². The molecule has 9 heteroatoms. The molecule has 0 fully saturated rings. The number of likely N-dealkylation sites (N-methyl/N-ethyl adjacent to an activating group) is 1. The van der Waals surface area contributed by atoms with Crippen LogP contribution in [0.5, 0.6) is 0 Å². The Hall–Kier alpha value is -0.500. The minimum Gasteiger partial charge on any atom is -0.457 e. The fourth-order valence-corrected chi connectivity index (χ4v) is 4.59. The van der Waals surface area contributed by atoms with Crippen LogP contribution in [0.2, 0.25) is 0 Å². The summed E-state index contributed by atoms with van der Waals surface area (Å²) in [5.74, 6) is -0.357. The van der Waals surface area contributed by atoms with E-state index in [1.165, 1.54) is 84.2 Å². The number of carbonyl (C=O) groups excluding carboxylic acids is 1. The topological polar surface area (TPSA) is 83.5 Å². The van der Waals surface area contributed by atoms with Gasteiger partial charge in [-0.25, -0.2) is 4.57 Å². The molecule has 0 aromatic rings. The van der Waals surface area contributed by atoms with Gasteiger partial charge in [0.25, 0.3) is 0 Å². The van der Waals surface area contributed by atoms with E-state index in [0.29, 0.717) is 13.2 Å². The number of phosphoric ester groups is 1. The number of hydrogen-bond donors (Lipinski definition) is 0. The van der Waals surface area contributed by atoms with Crippen molar-refractivity contribution in [1.29, 1.82) is 0 Å². The zero-order chi connectivity index (χ0) is 26.9. The van der Waals surface area contributed by atoms with E-state index in [9.17, 15) is 9.36 Å². The number of rotatable bonds is 27. The first-order valence-corrected chi connectivity index (χ1v) is 15.7. The van der Waals surface area contributed by atoms with Gasteiger partial charge in [-0.3, -0.25) is 18.4 Å². The van der Waals surface area contributed by atoms with Gasteiger partial charge in [0.15, 0.2) is 0 Å².